The molecule has 0 aromatic carbocycles. The summed E-state index contributed by atoms with van der Waals surface area (Å²) in [5.74, 6) is 0.502. The van der Waals surface area contributed by atoms with Gasteiger partial charge in [-0.3, -0.25) is 5.32 Å². The van der Waals surface area contributed by atoms with E-state index in [1.807, 2.05) is 11.8 Å². The van der Waals surface area contributed by atoms with Gasteiger partial charge in [0.15, 0.2) is 0 Å². The van der Waals surface area contributed by atoms with Crippen LogP contribution in [0.3, 0.4) is 0 Å². The van der Waals surface area contributed by atoms with Gasteiger partial charge in [0.05, 0.1) is 0 Å². The molecule has 5 nitrogen and oxygen atoms in total. The van der Waals surface area contributed by atoms with Crippen LogP contribution >= 0.6 is 11.3 Å². The molecule has 0 saturated heterocycles. The van der Waals surface area contributed by atoms with Crippen molar-refractivity contribution in [2.24, 2.45) is 5.92 Å². The van der Waals surface area contributed by atoms with E-state index in [1.165, 1.54) is 11.3 Å². The maximum absolute atomic E-state index is 12.4. The fraction of sp³-hybridized carbons (Fsp3) is 0.769. The Kier molecular flexibility index (Phi) is 4.39. The number of rotatable bonds is 5. The molecule has 1 saturated carbocycles. The lowest BCUT2D eigenvalue weighted by atomic mass is 9.99. The zero-order valence-electron chi connectivity index (χ0n) is 12.0. The Morgan fingerprint density at radius 3 is 2.63 bits per heavy atom. The Balaban J connectivity index is 2.04. The Hall–Kier alpha value is -1.17. The Labute approximate surface area is 118 Å². The van der Waals surface area contributed by atoms with Gasteiger partial charge in [0.25, 0.3) is 0 Å². The van der Waals surface area contributed by atoms with Gasteiger partial charge >= 0.3 is 6.03 Å². The average molecular weight is 282 g/mol. The maximum atomic E-state index is 12.4. The highest BCUT2D eigenvalue weighted by Crippen LogP contribution is 2.32. The number of anilines is 1. The molecule has 0 bridgehead atoms. The number of urea groups is 1. The van der Waals surface area contributed by atoms with Gasteiger partial charge in [0, 0.05) is 12.1 Å². The molecule has 1 aliphatic carbocycles. The topological polar surface area (TPSA) is 58.1 Å². The quantitative estimate of drug-likeness (QED) is 0.901. The van der Waals surface area contributed by atoms with Crippen LogP contribution < -0.4 is 5.32 Å². The molecule has 1 N–H and O–H groups in total. The Morgan fingerprint density at radius 2 is 2.16 bits per heavy atom. The molecule has 2 rings (SSSR count). The minimum atomic E-state index is -0.0357. The van der Waals surface area contributed by atoms with E-state index in [1.54, 1.807) is 0 Å². The van der Waals surface area contributed by atoms with E-state index in [2.05, 4.69) is 36.3 Å². The summed E-state index contributed by atoms with van der Waals surface area (Å²) < 4.78 is 0. The molecule has 2 atom stereocenters. The van der Waals surface area contributed by atoms with Gasteiger partial charge in [-0.05, 0) is 32.6 Å². The van der Waals surface area contributed by atoms with E-state index >= 15 is 0 Å². The van der Waals surface area contributed by atoms with Gasteiger partial charge in [-0.25, -0.2) is 4.79 Å². The maximum Gasteiger partial charge on any atom is 0.324 e. The third-order valence-electron chi connectivity index (χ3n) is 3.82. The van der Waals surface area contributed by atoms with Crippen LogP contribution in [-0.2, 0) is 0 Å². The van der Waals surface area contributed by atoms with E-state index in [-0.39, 0.29) is 12.1 Å². The first-order valence-corrected chi connectivity index (χ1v) is 7.74. The number of aromatic nitrogens is 2. The van der Waals surface area contributed by atoms with Gasteiger partial charge in [-0.15, -0.1) is 10.2 Å². The summed E-state index contributed by atoms with van der Waals surface area (Å²) in [5, 5.41) is 12.2. The summed E-state index contributed by atoms with van der Waals surface area (Å²) in [4.78, 5) is 14.4. The summed E-state index contributed by atoms with van der Waals surface area (Å²) in [6, 6.07) is 0.621. The van der Waals surface area contributed by atoms with Crippen molar-refractivity contribution in [3.63, 3.8) is 0 Å². The van der Waals surface area contributed by atoms with E-state index < -0.39 is 0 Å². The van der Waals surface area contributed by atoms with E-state index in [0.717, 1.165) is 24.3 Å². The van der Waals surface area contributed by atoms with Crippen molar-refractivity contribution in [2.75, 3.05) is 5.32 Å². The standard InChI is InChI=1S/C13H22N4OS/c1-5-8(2)9(3)17(11-6-7-11)13(18)14-12-16-15-10(4)19-12/h8-9,11H,5-7H2,1-4H3,(H,14,16,18)/t8-,9-/m0/s1. The summed E-state index contributed by atoms with van der Waals surface area (Å²) in [7, 11) is 0. The predicted octanol–water partition coefficient (Wildman–Crippen LogP) is 3.28. The molecule has 6 heteroatoms. The lowest BCUT2D eigenvalue weighted by molar-refractivity contribution is 0.164. The molecular weight excluding hydrogens is 260 g/mol. The van der Waals surface area contributed by atoms with Gasteiger partial charge < -0.3 is 4.90 Å². The first-order chi connectivity index (χ1) is 9.02. The molecule has 1 heterocycles. The van der Waals surface area contributed by atoms with Crippen LogP contribution in [0.25, 0.3) is 0 Å². The third-order valence-corrected chi connectivity index (χ3v) is 4.58. The van der Waals surface area contributed by atoms with E-state index in [4.69, 9.17) is 0 Å². The van der Waals surface area contributed by atoms with Crippen molar-refractivity contribution in [1.82, 2.24) is 15.1 Å². The molecule has 1 aromatic heterocycles. The molecule has 0 unspecified atom stereocenters. The summed E-state index contributed by atoms with van der Waals surface area (Å²) in [6.07, 6.45) is 3.31. The van der Waals surface area contributed by atoms with Crippen molar-refractivity contribution in [3.05, 3.63) is 5.01 Å². The van der Waals surface area contributed by atoms with Crippen LogP contribution in [0.2, 0.25) is 0 Å². The van der Waals surface area contributed by atoms with Crippen LogP contribution in [0.4, 0.5) is 9.93 Å². The number of amides is 2. The Morgan fingerprint density at radius 1 is 1.47 bits per heavy atom. The van der Waals surface area contributed by atoms with Crippen LogP contribution in [0.5, 0.6) is 0 Å². The normalized spacial score (nSPS) is 17.9. The van der Waals surface area contributed by atoms with Crippen molar-refractivity contribution >= 4 is 22.5 Å². The van der Waals surface area contributed by atoms with Crippen LogP contribution in [0.1, 0.15) is 45.0 Å². The number of hydrogen-bond acceptors (Lipinski definition) is 4. The third kappa shape index (κ3) is 3.43. The highest BCUT2D eigenvalue weighted by molar-refractivity contribution is 7.15. The molecule has 0 aliphatic heterocycles. The smallest absolute Gasteiger partial charge is 0.319 e. The lowest BCUT2D eigenvalue weighted by Crippen LogP contribution is -2.45. The van der Waals surface area contributed by atoms with Gasteiger partial charge in [0.1, 0.15) is 5.01 Å². The van der Waals surface area contributed by atoms with Crippen molar-refractivity contribution < 1.29 is 4.79 Å². The number of carbonyl (C=O) groups excluding carboxylic acids is 1. The molecule has 106 valence electrons. The molecular formula is C13H22N4OS. The molecule has 1 aliphatic rings. The summed E-state index contributed by atoms with van der Waals surface area (Å²) in [6.45, 7) is 8.38. The second-order valence-corrected chi connectivity index (χ2v) is 6.50. The number of nitrogens with zero attached hydrogens (tertiary/aromatic N) is 3. The van der Waals surface area contributed by atoms with Gasteiger partial charge in [-0.1, -0.05) is 31.6 Å². The fourth-order valence-electron chi connectivity index (χ4n) is 2.15. The second kappa shape index (κ2) is 5.86. The largest absolute Gasteiger partial charge is 0.324 e. The zero-order chi connectivity index (χ0) is 14.0. The zero-order valence-corrected chi connectivity index (χ0v) is 12.8. The van der Waals surface area contributed by atoms with Gasteiger partial charge in [0.2, 0.25) is 5.13 Å². The molecule has 1 fully saturated rings. The van der Waals surface area contributed by atoms with Crippen LogP contribution in [-0.4, -0.2) is 33.2 Å². The van der Waals surface area contributed by atoms with Crippen LogP contribution in [0.15, 0.2) is 0 Å². The molecule has 19 heavy (non-hydrogen) atoms. The minimum Gasteiger partial charge on any atom is -0.319 e. The van der Waals surface area contributed by atoms with Crippen molar-refractivity contribution in [1.29, 1.82) is 0 Å². The molecule has 0 spiro atoms. The SMILES string of the molecule is CC[C@H](C)[C@H](C)N(C(=O)Nc1nnc(C)s1)C1CC1. The van der Waals surface area contributed by atoms with E-state index in [9.17, 15) is 4.79 Å². The number of carbonyl (C=O) groups is 1. The summed E-state index contributed by atoms with van der Waals surface area (Å²) >= 11 is 1.41. The fourth-order valence-corrected chi connectivity index (χ4v) is 2.74. The lowest BCUT2D eigenvalue weighted by Gasteiger charge is -2.32. The van der Waals surface area contributed by atoms with Crippen molar-refractivity contribution in [3.8, 4) is 0 Å². The van der Waals surface area contributed by atoms with Crippen LogP contribution in [0, 0.1) is 12.8 Å². The minimum absolute atomic E-state index is 0.0357. The number of aryl methyl sites for hydroxylation is 1. The second-order valence-electron chi connectivity index (χ2n) is 5.32. The highest BCUT2D eigenvalue weighted by Gasteiger charge is 2.37. The first-order valence-electron chi connectivity index (χ1n) is 6.92. The number of hydrogen-bond donors (Lipinski definition) is 1. The van der Waals surface area contributed by atoms with Gasteiger partial charge in [-0.2, -0.15) is 0 Å². The molecule has 0 radical (unpaired) electrons. The number of nitrogens with one attached hydrogen (secondary N) is 1. The summed E-state index contributed by atoms with van der Waals surface area (Å²) in [5.41, 5.74) is 0. The highest BCUT2D eigenvalue weighted by atomic mass is 32.1. The predicted molar refractivity (Wildman–Crippen MR) is 77.4 cm³/mol. The van der Waals surface area contributed by atoms with Crippen molar-refractivity contribution in [2.45, 2.75) is 59.0 Å². The molecule has 2 amide bonds. The first kappa shape index (κ1) is 14.2. The Bertz CT molecular complexity index is 444. The average Bonchev–Trinajstić information content (AvgIpc) is 3.12. The van der Waals surface area contributed by atoms with E-state index in [0.29, 0.717) is 17.1 Å². The monoisotopic (exact) mass is 282 g/mol. The molecule has 1 aromatic rings.